The Morgan fingerprint density at radius 3 is 2.40 bits per heavy atom. The summed E-state index contributed by atoms with van der Waals surface area (Å²) in [5, 5.41) is 8.75. The molecule has 2 aromatic carbocycles. The van der Waals surface area contributed by atoms with Crippen LogP contribution in [-0.2, 0) is 10.5 Å². The number of aromatic nitrogens is 2. The van der Waals surface area contributed by atoms with Crippen LogP contribution in [0, 0.1) is 13.8 Å². The molecule has 0 aliphatic heterocycles. The molecule has 0 saturated carbocycles. The summed E-state index contributed by atoms with van der Waals surface area (Å²) in [6.45, 7) is 4.08. The molecular formula is C19H18N2O3S. The molecule has 0 fully saturated rings. The van der Waals surface area contributed by atoms with E-state index < -0.39 is 0 Å². The minimum absolute atomic E-state index is 0.339. The van der Waals surface area contributed by atoms with Crippen LogP contribution in [0.3, 0.4) is 0 Å². The predicted molar refractivity (Wildman–Crippen MR) is 96.6 cm³/mol. The number of thioether (sulfide) groups is 1. The lowest BCUT2D eigenvalue weighted by Gasteiger charge is -2.02. The average molecular weight is 354 g/mol. The van der Waals surface area contributed by atoms with Crippen molar-refractivity contribution in [3.63, 3.8) is 0 Å². The Bertz CT molecular complexity index is 868. The third-order valence-corrected chi connectivity index (χ3v) is 4.50. The van der Waals surface area contributed by atoms with Crippen molar-refractivity contribution in [2.24, 2.45) is 0 Å². The fourth-order valence-electron chi connectivity index (χ4n) is 2.48. The van der Waals surface area contributed by atoms with E-state index in [1.165, 1.54) is 18.9 Å². The molecule has 0 amide bonds. The predicted octanol–water partition coefficient (Wildman–Crippen LogP) is 4.43. The quantitative estimate of drug-likeness (QED) is 0.499. The number of esters is 1. The molecule has 0 bridgehead atoms. The van der Waals surface area contributed by atoms with Crippen LogP contribution in [0.15, 0.2) is 52.1 Å². The topological polar surface area (TPSA) is 65.2 Å². The largest absolute Gasteiger partial charge is 0.465 e. The number of aryl methyl sites for hydroxylation is 2. The molecule has 0 N–H and O–H groups in total. The first-order valence-corrected chi connectivity index (χ1v) is 8.76. The van der Waals surface area contributed by atoms with Crippen molar-refractivity contribution in [3.8, 4) is 11.5 Å². The van der Waals surface area contributed by atoms with Gasteiger partial charge in [0.15, 0.2) is 0 Å². The van der Waals surface area contributed by atoms with Gasteiger partial charge in [-0.15, -0.1) is 10.2 Å². The zero-order valence-corrected chi connectivity index (χ0v) is 15.1. The second-order valence-electron chi connectivity index (χ2n) is 5.73. The zero-order valence-electron chi connectivity index (χ0n) is 14.3. The van der Waals surface area contributed by atoms with Crippen LogP contribution in [0.5, 0.6) is 0 Å². The van der Waals surface area contributed by atoms with Gasteiger partial charge in [-0.1, -0.05) is 41.1 Å². The van der Waals surface area contributed by atoms with Crippen LogP contribution in [0.25, 0.3) is 11.5 Å². The second kappa shape index (κ2) is 7.53. The maximum Gasteiger partial charge on any atom is 0.337 e. The average Bonchev–Trinajstić information content (AvgIpc) is 3.08. The van der Waals surface area contributed by atoms with E-state index >= 15 is 0 Å². The number of carbonyl (C=O) groups is 1. The fourth-order valence-corrected chi connectivity index (χ4v) is 3.20. The first-order chi connectivity index (χ1) is 12.0. The summed E-state index contributed by atoms with van der Waals surface area (Å²) in [6.07, 6.45) is 0. The maximum atomic E-state index is 11.4. The maximum absolute atomic E-state index is 11.4. The van der Waals surface area contributed by atoms with Gasteiger partial charge in [-0.05, 0) is 43.7 Å². The SMILES string of the molecule is COC(=O)c1ccc(CSc2nnc(-c3cc(C)cc(C)c3)o2)cc1. The standard InChI is InChI=1S/C19H18N2O3S/c1-12-8-13(2)10-16(9-12)17-20-21-19(24-17)25-11-14-4-6-15(7-5-14)18(22)23-3/h4-10H,11H2,1-3H3. The third kappa shape index (κ3) is 4.28. The molecule has 0 spiro atoms. The molecule has 0 radical (unpaired) electrons. The zero-order chi connectivity index (χ0) is 17.8. The lowest BCUT2D eigenvalue weighted by Crippen LogP contribution is -2.00. The van der Waals surface area contributed by atoms with Crippen molar-refractivity contribution in [2.45, 2.75) is 24.8 Å². The molecule has 0 aliphatic carbocycles. The van der Waals surface area contributed by atoms with Crippen LogP contribution >= 0.6 is 11.8 Å². The Hall–Kier alpha value is -2.60. The number of carbonyl (C=O) groups excluding carboxylic acids is 1. The molecule has 3 rings (SSSR count). The summed E-state index contributed by atoms with van der Waals surface area (Å²) in [7, 11) is 1.37. The number of hydrogen-bond acceptors (Lipinski definition) is 6. The molecular weight excluding hydrogens is 336 g/mol. The van der Waals surface area contributed by atoms with Crippen LogP contribution in [0.1, 0.15) is 27.0 Å². The summed E-state index contributed by atoms with van der Waals surface area (Å²) >= 11 is 1.46. The van der Waals surface area contributed by atoms with Crippen LogP contribution in [-0.4, -0.2) is 23.3 Å². The van der Waals surface area contributed by atoms with Gasteiger partial charge in [0.05, 0.1) is 12.7 Å². The number of ether oxygens (including phenoxy) is 1. The number of hydrogen-bond donors (Lipinski definition) is 0. The Balaban J connectivity index is 1.66. The Morgan fingerprint density at radius 2 is 1.76 bits per heavy atom. The van der Waals surface area contributed by atoms with E-state index in [-0.39, 0.29) is 5.97 Å². The van der Waals surface area contributed by atoms with Crippen molar-refractivity contribution < 1.29 is 13.9 Å². The van der Waals surface area contributed by atoms with E-state index in [0.29, 0.717) is 22.4 Å². The van der Waals surface area contributed by atoms with Crippen molar-refractivity contribution in [3.05, 3.63) is 64.7 Å². The smallest absolute Gasteiger partial charge is 0.337 e. The van der Waals surface area contributed by atoms with Crippen LogP contribution in [0.4, 0.5) is 0 Å². The minimum Gasteiger partial charge on any atom is -0.465 e. The van der Waals surface area contributed by atoms with Gasteiger partial charge in [0.1, 0.15) is 0 Å². The summed E-state index contributed by atoms with van der Waals surface area (Å²) in [5.74, 6) is 0.861. The Morgan fingerprint density at radius 1 is 1.08 bits per heavy atom. The molecule has 0 saturated heterocycles. The summed E-state index contributed by atoms with van der Waals surface area (Å²) in [6, 6.07) is 13.4. The van der Waals surface area contributed by atoms with Gasteiger partial charge in [0, 0.05) is 11.3 Å². The molecule has 6 heteroatoms. The van der Waals surface area contributed by atoms with Gasteiger partial charge in [0.2, 0.25) is 5.89 Å². The highest BCUT2D eigenvalue weighted by molar-refractivity contribution is 7.98. The molecule has 0 aliphatic rings. The lowest BCUT2D eigenvalue weighted by atomic mass is 10.1. The van der Waals surface area contributed by atoms with Gasteiger partial charge in [-0.3, -0.25) is 0 Å². The fraction of sp³-hybridized carbons (Fsp3) is 0.211. The molecule has 128 valence electrons. The third-order valence-electron chi connectivity index (χ3n) is 3.61. The van der Waals surface area contributed by atoms with Crippen LogP contribution in [0.2, 0.25) is 0 Å². The van der Waals surface area contributed by atoms with E-state index in [1.807, 2.05) is 38.1 Å². The molecule has 5 nitrogen and oxygen atoms in total. The molecule has 25 heavy (non-hydrogen) atoms. The van der Waals surface area contributed by atoms with E-state index in [2.05, 4.69) is 21.0 Å². The Kier molecular flexibility index (Phi) is 5.19. The summed E-state index contributed by atoms with van der Waals surface area (Å²) < 4.78 is 10.4. The van der Waals surface area contributed by atoms with E-state index in [0.717, 1.165) is 22.3 Å². The first kappa shape index (κ1) is 17.2. The van der Waals surface area contributed by atoms with E-state index in [1.54, 1.807) is 12.1 Å². The van der Waals surface area contributed by atoms with Crippen molar-refractivity contribution in [1.29, 1.82) is 0 Å². The van der Waals surface area contributed by atoms with Crippen molar-refractivity contribution in [1.82, 2.24) is 10.2 Å². The molecule has 0 atom stereocenters. The van der Waals surface area contributed by atoms with E-state index in [4.69, 9.17) is 4.42 Å². The van der Waals surface area contributed by atoms with Gasteiger partial charge in [-0.25, -0.2) is 4.79 Å². The highest BCUT2D eigenvalue weighted by atomic mass is 32.2. The second-order valence-corrected chi connectivity index (χ2v) is 6.65. The highest BCUT2D eigenvalue weighted by Gasteiger charge is 2.11. The normalized spacial score (nSPS) is 10.7. The van der Waals surface area contributed by atoms with Gasteiger partial charge in [0.25, 0.3) is 5.22 Å². The van der Waals surface area contributed by atoms with E-state index in [9.17, 15) is 4.79 Å². The molecule has 1 heterocycles. The molecule has 3 aromatic rings. The number of nitrogens with zero attached hydrogens (tertiary/aromatic N) is 2. The number of rotatable bonds is 5. The molecule has 1 aromatic heterocycles. The van der Waals surface area contributed by atoms with Crippen molar-refractivity contribution in [2.75, 3.05) is 7.11 Å². The lowest BCUT2D eigenvalue weighted by molar-refractivity contribution is 0.0600. The monoisotopic (exact) mass is 354 g/mol. The summed E-state index contributed by atoms with van der Waals surface area (Å²) in [5.41, 5.74) is 4.84. The van der Waals surface area contributed by atoms with Crippen LogP contribution < -0.4 is 0 Å². The van der Waals surface area contributed by atoms with Gasteiger partial charge in [-0.2, -0.15) is 0 Å². The highest BCUT2D eigenvalue weighted by Crippen LogP contribution is 2.27. The number of benzene rings is 2. The van der Waals surface area contributed by atoms with Crippen molar-refractivity contribution >= 4 is 17.7 Å². The Labute approximate surface area is 150 Å². The molecule has 0 unspecified atom stereocenters. The first-order valence-electron chi connectivity index (χ1n) is 7.77. The number of methoxy groups -OCH3 is 1. The van der Waals surface area contributed by atoms with Gasteiger partial charge < -0.3 is 9.15 Å². The minimum atomic E-state index is -0.339. The summed E-state index contributed by atoms with van der Waals surface area (Å²) in [4.78, 5) is 11.4. The van der Waals surface area contributed by atoms with Gasteiger partial charge >= 0.3 is 5.97 Å².